The van der Waals surface area contributed by atoms with Crippen LogP contribution < -0.4 is 26.8 Å². The standard InChI is InChI=1S/C32H50B3N7O5/c1-42(20-17-33-47-24-36,21-18-38-34-45-2)19-9-14-30(41-35-46-3)32(44)40-29(16-15-25-10-5-4-6-11-25)31(43)39-27-22-26-12-7-8-13-28(26)37-23-27/h4-8,10-13,22-23,29-30,33-35,38,41H,9,14-21,24,36H2,1-3H3,(H-,39,40,43,44)/p+1/t29-,30-,42?/m0/s1. The number of hydrogen-bond donors (Lipinski definition) is 5. The molecule has 1 heterocycles. The van der Waals surface area contributed by atoms with Crippen molar-refractivity contribution < 1.29 is 28.0 Å². The average Bonchev–Trinajstić information content (AvgIpc) is 3.09. The van der Waals surface area contributed by atoms with Gasteiger partial charge in [0.05, 0.1) is 56.9 Å². The second-order valence-electron chi connectivity index (χ2n) is 12.0. The molecule has 0 radical (unpaired) electrons. The van der Waals surface area contributed by atoms with E-state index in [0.717, 1.165) is 59.9 Å². The van der Waals surface area contributed by atoms with Gasteiger partial charge in [-0.3, -0.25) is 14.6 Å². The predicted molar refractivity (Wildman–Crippen MR) is 192 cm³/mol. The summed E-state index contributed by atoms with van der Waals surface area (Å²) in [6, 6.07) is 18.3. The lowest BCUT2D eigenvalue weighted by molar-refractivity contribution is -0.906. The SMILES string of the molecule is COBNCC[N+](C)(CCBOCN)CCC[C@H](NBOC)C(=O)N[C@@H](CCc1ccccc1)C(=O)Nc1cnc2ccccc2c1. The van der Waals surface area contributed by atoms with Crippen LogP contribution in [0.1, 0.15) is 24.8 Å². The number of rotatable bonds is 24. The van der Waals surface area contributed by atoms with Gasteiger partial charge < -0.3 is 45.3 Å². The van der Waals surface area contributed by atoms with Crippen LogP contribution in [0.5, 0.6) is 0 Å². The molecule has 0 saturated carbocycles. The number of amides is 2. The normalized spacial score (nSPS) is 13.7. The van der Waals surface area contributed by atoms with E-state index in [4.69, 9.17) is 19.7 Å². The molecule has 0 bridgehead atoms. The highest BCUT2D eigenvalue weighted by molar-refractivity contribution is 6.27. The van der Waals surface area contributed by atoms with Crippen molar-refractivity contribution in [3.8, 4) is 0 Å². The van der Waals surface area contributed by atoms with E-state index < -0.39 is 12.1 Å². The minimum absolute atomic E-state index is 0.213. The minimum atomic E-state index is -0.753. The number of anilines is 1. The van der Waals surface area contributed by atoms with Gasteiger partial charge in [-0.2, -0.15) is 0 Å². The Labute approximate surface area is 281 Å². The molecule has 0 aliphatic heterocycles. The third kappa shape index (κ3) is 14.2. The quantitative estimate of drug-likeness (QED) is 0.0409. The van der Waals surface area contributed by atoms with Gasteiger partial charge >= 0.3 is 15.2 Å². The maximum Gasteiger partial charge on any atom is 0.361 e. The Kier molecular flexibility index (Phi) is 17.5. The number of likely N-dealkylation sites (N-methyl/N-ethyl adjacent to an activating group) is 1. The zero-order valence-corrected chi connectivity index (χ0v) is 28.2. The molecule has 12 nitrogen and oxygen atoms in total. The maximum atomic E-state index is 13.8. The number of nitrogens with two attached hydrogens (primary N) is 1. The molecule has 3 atom stereocenters. The van der Waals surface area contributed by atoms with Crippen LogP contribution in [0.3, 0.4) is 0 Å². The number of aryl methyl sites for hydroxylation is 1. The van der Waals surface area contributed by atoms with E-state index in [1.54, 1.807) is 20.4 Å². The molecule has 0 aliphatic carbocycles. The fraction of sp³-hybridized carbons (Fsp3) is 0.469. The van der Waals surface area contributed by atoms with Crippen molar-refractivity contribution in [3.63, 3.8) is 0 Å². The predicted octanol–water partition coefficient (Wildman–Crippen LogP) is 0.594. The largest absolute Gasteiger partial charge is 0.427 e. The second-order valence-corrected chi connectivity index (χ2v) is 12.0. The van der Waals surface area contributed by atoms with Crippen LogP contribution in [-0.2, 0) is 30.0 Å². The topological polar surface area (TPSA) is 149 Å². The third-order valence-electron chi connectivity index (χ3n) is 8.22. The smallest absolute Gasteiger partial charge is 0.361 e. The summed E-state index contributed by atoms with van der Waals surface area (Å²) in [4.78, 5) is 31.9. The summed E-state index contributed by atoms with van der Waals surface area (Å²) in [7, 11) is 6.79. The van der Waals surface area contributed by atoms with E-state index in [1.165, 1.54) is 0 Å². The number of pyridine rings is 1. The summed E-state index contributed by atoms with van der Waals surface area (Å²) < 4.78 is 16.6. The van der Waals surface area contributed by atoms with Crippen LogP contribution in [-0.4, -0.2) is 110 Å². The second kappa shape index (κ2) is 21.6. The highest BCUT2D eigenvalue weighted by Crippen LogP contribution is 2.17. The van der Waals surface area contributed by atoms with Crippen LogP contribution in [0.2, 0.25) is 6.32 Å². The van der Waals surface area contributed by atoms with Gasteiger partial charge in [0.15, 0.2) is 0 Å². The lowest BCUT2D eigenvalue weighted by Gasteiger charge is -2.35. The van der Waals surface area contributed by atoms with E-state index in [9.17, 15) is 9.59 Å². The van der Waals surface area contributed by atoms with E-state index >= 15 is 0 Å². The van der Waals surface area contributed by atoms with Crippen molar-refractivity contribution in [2.24, 2.45) is 5.73 Å². The molecule has 2 amide bonds. The number of carbonyl (C=O) groups is 2. The van der Waals surface area contributed by atoms with Crippen molar-refractivity contribution in [3.05, 3.63) is 72.4 Å². The molecule has 1 unspecified atom stereocenters. The van der Waals surface area contributed by atoms with Crippen molar-refractivity contribution in [1.82, 2.24) is 20.8 Å². The highest BCUT2D eigenvalue weighted by Gasteiger charge is 2.27. The van der Waals surface area contributed by atoms with Gasteiger partial charge in [-0.05, 0) is 49.7 Å². The van der Waals surface area contributed by atoms with Gasteiger partial charge in [0, 0.05) is 26.2 Å². The summed E-state index contributed by atoms with van der Waals surface area (Å²) in [5.41, 5.74) is 8.02. The molecule has 252 valence electrons. The molecule has 3 aromatic rings. The molecule has 47 heavy (non-hydrogen) atoms. The van der Waals surface area contributed by atoms with Gasteiger partial charge in [0.1, 0.15) is 6.04 Å². The molecule has 1 aromatic heterocycles. The Morgan fingerprint density at radius 2 is 1.70 bits per heavy atom. The van der Waals surface area contributed by atoms with Crippen molar-refractivity contribution in [2.45, 2.75) is 44.1 Å². The van der Waals surface area contributed by atoms with Gasteiger partial charge in [-0.15, -0.1) is 0 Å². The summed E-state index contributed by atoms with van der Waals surface area (Å²) in [5.74, 6) is -0.524. The summed E-state index contributed by atoms with van der Waals surface area (Å²) in [6.45, 7) is 3.70. The first kappa shape index (κ1) is 38.2. The number of hydrogen-bond acceptors (Lipinski definition) is 9. The number of quaternary nitrogens is 1. The Bertz CT molecular complexity index is 1330. The fourth-order valence-corrected chi connectivity index (χ4v) is 5.54. The number of nitrogens with one attached hydrogen (secondary N) is 4. The van der Waals surface area contributed by atoms with E-state index in [2.05, 4.69) is 33.1 Å². The van der Waals surface area contributed by atoms with Gasteiger partial charge in [0.2, 0.25) is 11.8 Å². The average molecular weight is 646 g/mol. The molecule has 0 aliphatic rings. The summed E-state index contributed by atoms with van der Waals surface area (Å²) in [6.07, 6.45) is 4.96. The van der Waals surface area contributed by atoms with Gasteiger partial charge in [-0.25, -0.2) is 0 Å². The summed E-state index contributed by atoms with van der Waals surface area (Å²) in [5, 5.41) is 13.5. The first-order valence-electron chi connectivity index (χ1n) is 16.4. The summed E-state index contributed by atoms with van der Waals surface area (Å²) >= 11 is 0. The Morgan fingerprint density at radius 3 is 2.47 bits per heavy atom. The highest BCUT2D eigenvalue weighted by atomic mass is 16.4. The number of carbonyl (C=O) groups excluding carboxylic acids is 2. The van der Waals surface area contributed by atoms with Gasteiger partial charge in [-0.1, -0.05) is 48.5 Å². The van der Waals surface area contributed by atoms with E-state index in [1.807, 2.05) is 60.7 Å². The molecule has 3 rings (SSSR count). The Morgan fingerprint density at radius 1 is 0.936 bits per heavy atom. The van der Waals surface area contributed by atoms with Crippen molar-refractivity contribution >= 4 is 51.1 Å². The number of aromatic nitrogens is 1. The number of fused-ring (bicyclic) bond motifs is 1. The Hall–Kier alpha value is -3.30. The number of benzene rings is 2. The van der Waals surface area contributed by atoms with Gasteiger partial charge in [0.25, 0.3) is 7.48 Å². The lowest BCUT2D eigenvalue weighted by atomic mass is 9.94. The van der Waals surface area contributed by atoms with E-state index in [0.29, 0.717) is 40.0 Å². The van der Waals surface area contributed by atoms with Crippen LogP contribution in [0.4, 0.5) is 5.69 Å². The molecule has 0 fully saturated rings. The van der Waals surface area contributed by atoms with Crippen LogP contribution in [0.25, 0.3) is 10.9 Å². The first-order chi connectivity index (χ1) is 22.9. The molecule has 15 heteroatoms. The van der Waals surface area contributed by atoms with E-state index in [-0.39, 0.29) is 26.2 Å². The lowest BCUT2D eigenvalue weighted by Crippen LogP contribution is -2.53. The zero-order valence-electron chi connectivity index (χ0n) is 28.2. The molecule has 0 spiro atoms. The van der Waals surface area contributed by atoms with Crippen molar-refractivity contribution in [1.29, 1.82) is 0 Å². The first-order valence-corrected chi connectivity index (χ1v) is 16.4. The molecule has 2 aromatic carbocycles. The Balaban J connectivity index is 1.68. The number of para-hydroxylation sites is 1. The monoisotopic (exact) mass is 646 g/mol. The zero-order chi connectivity index (χ0) is 33.7. The third-order valence-corrected chi connectivity index (χ3v) is 8.22. The molecular formula is C32H51B3N7O5+. The molecular weight excluding hydrogens is 595 g/mol. The van der Waals surface area contributed by atoms with Crippen LogP contribution >= 0.6 is 0 Å². The molecule has 6 N–H and O–H groups in total. The van der Waals surface area contributed by atoms with Crippen LogP contribution in [0.15, 0.2) is 66.9 Å². The molecule has 0 saturated heterocycles. The number of nitrogens with zero attached hydrogens (tertiary/aromatic N) is 2. The fourth-order valence-electron chi connectivity index (χ4n) is 5.54. The van der Waals surface area contributed by atoms with Crippen molar-refractivity contribution in [2.75, 3.05) is 59.5 Å². The minimum Gasteiger partial charge on any atom is -0.427 e. The van der Waals surface area contributed by atoms with Crippen LogP contribution in [0, 0.1) is 0 Å². The maximum absolute atomic E-state index is 13.8.